The van der Waals surface area contributed by atoms with Crippen LogP contribution in [0.3, 0.4) is 0 Å². The molecule has 0 radical (unpaired) electrons. The van der Waals surface area contributed by atoms with Crippen molar-refractivity contribution in [3.63, 3.8) is 0 Å². The summed E-state index contributed by atoms with van der Waals surface area (Å²) in [6.45, 7) is 1.38. The van der Waals surface area contributed by atoms with Gasteiger partial charge in [-0.2, -0.15) is 0 Å². The van der Waals surface area contributed by atoms with E-state index in [9.17, 15) is 18.4 Å². The van der Waals surface area contributed by atoms with E-state index >= 15 is 0 Å². The Balaban J connectivity index is 1.73. The number of hydrogen-bond acceptors (Lipinski definition) is 5. The summed E-state index contributed by atoms with van der Waals surface area (Å²) in [6, 6.07) is 2.66. The van der Waals surface area contributed by atoms with Crippen molar-refractivity contribution in [3.05, 3.63) is 64.7 Å². The highest BCUT2D eigenvalue weighted by Gasteiger charge is 2.19. The van der Waals surface area contributed by atoms with E-state index in [1.165, 1.54) is 49.1 Å². The number of halogens is 2. The summed E-state index contributed by atoms with van der Waals surface area (Å²) in [5.74, 6) is -3.14. The average molecular weight is 376 g/mol. The number of benzene rings is 1. The van der Waals surface area contributed by atoms with E-state index in [4.69, 9.17) is 0 Å². The Morgan fingerprint density at radius 2 is 2.04 bits per heavy atom. The van der Waals surface area contributed by atoms with E-state index in [0.29, 0.717) is 17.2 Å². The first kappa shape index (κ1) is 17.9. The highest BCUT2D eigenvalue weighted by Crippen LogP contribution is 2.21. The van der Waals surface area contributed by atoms with Crippen LogP contribution < -0.4 is 5.32 Å². The van der Waals surface area contributed by atoms with E-state index in [0.717, 1.165) is 4.57 Å². The molecule has 0 aliphatic carbocycles. The Morgan fingerprint density at radius 3 is 2.73 bits per heavy atom. The molecular weight excluding hydrogens is 362 g/mol. The number of nitrogens with one attached hydrogen (secondary N) is 1. The van der Waals surface area contributed by atoms with Crippen molar-refractivity contribution in [1.29, 1.82) is 0 Å². The van der Waals surface area contributed by atoms with Crippen molar-refractivity contribution < 1.29 is 18.4 Å². The Morgan fingerprint density at radius 1 is 1.23 bits per heavy atom. The number of anilines is 1. The van der Waals surface area contributed by atoms with Crippen LogP contribution in [0.25, 0.3) is 0 Å². The van der Waals surface area contributed by atoms with Crippen molar-refractivity contribution >= 4 is 28.3 Å². The number of aryl methyl sites for hydroxylation is 2. The van der Waals surface area contributed by atoms with Crippen molar-refractivity contribution in [2.24, 2.45) is 0 Å². The van der Waals surface area contributed by atoms with E-state index < -0.39 is 17.5 Å². The molecule has 26 heavy (non-hydrogen) atoms. The summed E-state index contributed by atoms with van der Waals surface area (Å²) in [4.78, 5) is 31.0. The third kappa shape index (κ3) is 3.83. The molecule has 0 saturated heterocycles. The first-order valence-electron chi connectivity index (χ1n) is 7.67. The maximum Gasteiger partial charge on any atom is 0.266 e. The van der Waals surface area contributed by atoms with Gasteiger partial charge >= 0.3 is 0 Å². The average Bonchev–Trinajstić information content (AvgIpc) is 3.27. The lowest BCUT2D eigenvalue weighted by Crippen LogP contribution is -2.14. The quantitative estimate of drug-likeness (QED) is 0.743. The number of amides is 1. The lowest BCUT2D eigenvalue weighted by molar-refractivity contribution is -0.114. The molecule has 0 spiro atoms. The molecule has 0 fully saturated rings. The lowest BCUT2D eigenvalue weighted by Gasteiger charge is -2.08. The summed E-state index contributed by atoms with van der Waals surface area (Å²) >= 11 is 1.26. The Kier molecular flexibility index (Phi) is 5.17. The topological polar surface area (TPSA) is 76.9 Å². The molecule has 134 valence electrons. The molecule has 0 atom stereocenters. The number of rotatable bonds is 5. The fraction of sp³-hybridized carbons (Fsp3) is 0.176. The molecule has 6 nitrogen and oxygen atoms in total. The van der Waals surface area contributed by atoms with Crippen LogP contribution in [0, 0.1) is 11.6 Å². The minimum atomic E-state index is -1.18. The van der Waals surface area contributed by atoms with Crippen LogP contribution in [0.2, 0.25) is 0 Å². The van der Waals surface area contributed by atoms with Gasteiger partial charge < -0.3 is 5.32 Å². The van der Waals surface area contributed by atoms with Crippen LogP contribution in [0.5, 0.6) is 0 Å². The second-order valence-corrected chi connectivity index (χ2v) is 6.36. The van der Waals surface area contributed by atoms with E-state index in [-0.39, 0.29) is 23.5 Å². The number of carbonyl (C=O) groups excluding carboxylic acids is 2. The molecule has 0 bridgehead atoms. The predicted molar refractivity (Wildman–Crippen MR) is 92.1 cm³/mol. The van der Waals surface area contributed by atoms with Gasteiger partial charge in [0.1, 0.15) is 6.33 Å². The molecule has 3 rings (SSSR count). The zero-order chi connectivity index (χ0) is 18.7. The molecule has 0 unspecified atom stereocenters. The lowest BCUT2D eigenvalue weighted by atomic mass is 10.0. The molecular formula is C17H14F2N4O2S. The minimum Gasteiger partial charge on any atom is -0.302 e. The van der Waals surface area contributed by atoms with Crippen LogP contribution in [-0.2, 0) is 17.6 Å². The molecule has 0 aliphatic rings. The molecule has 3 aromatic rings. The highest BCUT2D eigenvalue weighted by molar-refractivity contribution is 7.13. The molecule has 9 heteroatoms. The van der Waals surface area contributed by atoms with Crippen LogP contribution in [-0.4, -0.2) is 26.3 Å². The number of aromatic nitrogens is 3. The molecule has 0 aliphatic heterocycles. The van der Waals surface area contributed by atoms with E-state index in [1.54, 1.807) is 5.38 Å². The monoisotopic (exact) mass is 376 g/mol. The van der Waals surface area contributed by atoms with Crippen LogP contribution in [0.15, 0.2) is 36.2 Å². The molecule has 1 aromatic carbocycles. The van der Waals surface area contributed by atoms with Crippen molar-refractivity contribution in [3.8, 4) is 0 Å². The van der Waals surface area contributed by atoms with Gasteiger partial charge in [-0.05, 0) is 24.5 Å². The van der Waals surface area contributed by atoms with Gasteiger partial charge in [0.25, 0.3) is 5.91 Å². The van der Waals surface area contributed by atoms with Crippen molar-refractivity contribution in [2.45, 2.75) is 19.8 Å². The summed E-state index contributed by atoms with van der Waals surface area (Å²) in [5.41, 5.74) is 0.460. The zero-order valence-electron chi connectivity index (χ0n) is 13.7. The third-order valence-corrected chi connectivity index (χ3v) is 4.42. The standard InChI is InChI=1S/C17H14F2N4O2S/c1-10(24)21-17-22-12(8-26-17)4-2-11-3-5-13(15(19)14(11)18)16(25)23-7-6-20-9-23/h3,5-9H,2,4H2,1H3,(H,21,22,24). The van der Waals surface area contributed by atoms with Gasteiger partial charge in [-0.25, -0.2) is 18.7 Å². The van der Waals surface area contributed by atoms with Crippen molar-refractivity contribution in [2.75, 3.05) is 5.32 Å². The highest BCUT2D eigenvalue weighted by atomic mass is 32.1. The largest absolute Gasteiger partial charge is 0.302 e. The molecule has 0 saturated carbocycles. The first-order valence-corrected chi connectivity index (χ1v) is 8.55. The smallest absolute Gasteiger partial charge is 0.266 e. The number of carbonyl (C=O) groups is 2. The fourth-order valence-electron chi connectivity index (χ4n) is 2.36. The van der Waals surface area contributed by atoms with Gasteiger partial charge in [0, 0.05) is 24.7 Å². The first-order chi connectivity index (χ1) is 12.5. The summed E-state index contributed by atoms with van der Waals surface area (Å²) in [5, 5.41) is 4.77. The van der Waals surface area contributed by atoms with E-state index in [2.05, 4.69) is 15.3 Å². The molecule has 2 heterocycles. The summed E-state index contributed by atoms with van der Waals surface area (Å²) in [6.07, 6.45) is 4.56. The Labute approximate surface area is 151 Å². The number of nitrogens with zero attached hydrogens (tertiary/aromatic N) is 3. The number of hydrogen-bond donors (Lipinski definition) is 1. The van der Waals surface area contributed by atoms with Crippen LogP contribution in [0.1, 0.15) is 28.5 Å². The normalized spacial score (nSPS) is 10.7. The van der Waals surface area contributed by atoms with Gasteiger partial charge in [0.15, 0.2) is 16.8 Å². The minimum absolute atomic E-state index is 0.152. The second-order valence-electron chi connectivity index (χ2n) is 5.50. The van der Waals surface area contributed by atoms with Gasteiger partial charge in [-0.3, -0.25) is 14.2 Å². The summed E-state index contributed by atoms with van der Waals surface area (Å²) < 4.78 is 29.7. The van der Waals surface area contributed by atoms with Gasteiger partial charge in [-0.15, -0.1) is 11.3 Å². The van der Waals surface area contributed by atoms with Crippen molar-refractivity contribution in [1.82, 2.24) is 14.5 Å². The molecule has 2 aromatic heterocycles. The maximum absolute atomic E-state index is 14.3. The zero-order valence-corrected chi connectivity index (χ0v) is 14.5. The van der Waals surface area contributed by atoms with Gasteiger partial charge in [-0.1, -0.05) is 6.07 Å². The van der Waals surface area contributed by atoms with Crippen LogP contribution >= 0.6 is 11.3 Å². The van der Waals surface area contributed by atoms with Gasteiger partial charge in [0.05, 0.1) is 11.3 Å². The Hall–Kier alpha value is -2.94. The molecule has 1 N–H and O–H groups in total. The third-order valence-electron chi connectivity index (χ3n) is 3.62. The van der Waals surface area contributed by atoms with Crippen LogP contribution in [0.4, 0.5) is 13.9 Å². The number of thiazole rings is 1. The predicted octanol–water partition coefficient (Wildman–Crippen LogP) is 3.05. The molecule has 1 amide bonds. The number of imidazole rings is 1. The maximum atomic E-state index is 14.3. The van der Waals surface area contributed by atoms with E-state index in [1.807, 2.05) is 0 Å². The Bertz CT molecular complexity index is 954. The summed E-state index contributed by atoms with van der Waals surface area (Å²) in [7, 11) is 0. The second kappa shape index (κ2) is 7.52. The SMILES string of the molecule is CC(=O)Nc1nc(CCc2ccc(C(=O)n3ccnc3)c(F)c2F)cs1. The van der Waals surface area contributed by atoms with Gasteiger partial charge in [0.2, 0.25) is 5.91 Å². The fourth-order valence-corrected chi connectivity index (χ4v) is 3.15.